The van der Waals surface area contributed by atoms with Crippen LogP contribution < -0.4 is 0 Å². The van der Waals surface area contributed by atoms with Crippen LogP contribution in [0.2, 0.25) is 0 Å². The summed E-state index contributed by atoms with van der Waals surface area (Å²) in [6.07, 6.45) is 8.21. The van der Waals surface area contributed by atoms with Gasteiger partial charge in [-0.25, -0.2) is 0 Å². The minimum atomic E-state index is 0.216. The third-order valence-electron chi connectivity index (χ3n) is 15.6. The van der Waals surface area contributed by atoms with Crippen LogP contribution in [-0.4, -0.2) is 14.1 Å². The maximum Gasteiger partial charge on any atom is 0.0645 e. The molecule has 0 radical (unpaired) electrons. The zero-order valence-corrected chi connectivity index (χ0v) is 37.5. The summed E-state index contributed by atoms with van der Waals surface area (Å²) in [7, 11) is 0. The van der Waals surface area contributed by atoms with Gasteiger partial charge in [0.25, 0.3) is 0 Å². The molecule has 65 heavy (non-hydrogen) atoms. The first-order chi connectivity index (χ1) is 31.8. The maximum absolute atomic E-state index is 4.74. The molecule has 4 atom stereocenters. The van der Waals surface area contributed by atoms with E-state index >= 15 is 0 Å². The standard InChI is InChI=1S/C62H49N3/c1-7-13-35(2)64-55-25-23-46(44-21-19-40-14-8-10-16-42(40)28-44)30-51(55)53-32-49-36(3)37(4)50-33-54-52-31-47(45-22-20-41-15-9-11-17-43(41)29-45)24-26-56(52)65(48-18-12-27-63-34-48)62(54)58-39(6)38(5)57(61(53)64)59(49)60(50)58/h7-34,36-39H,2H2,1,3-6H3/b13-7-. The van der Waals surface area contributed by atoms with Gasteiger partial charge in [0.2, 0.25) is 0 Å². The van der Waals surface area contributed by atoms with Crippen LogP contribution in [0.5, 0.6) is 0 Å². The molecule has 11 aromatic rings. The minimum Gasteiger partial charge on any atom is -0.310 e. The van der Waals surface area contributed by atoms with Gasteiger partial charge in [0, 0.05) is 33.4 Å². The molecule has 3 heteroatoms. The Labute approximate surface area is 379 Å². The summed E-state index contributed by atoms with van der Waals surface area (Å²) in [4.78, 5) is 4.69. The largest absolute Gasteiger partial charge is 0.310 e. The van der Waals surface area contributed by atoms with Crippen molar-refractivity contribution >= 4 is 70.9 Å². The van der Waals surface area contributed by atoms with Crippen LogP contribution in [0.15, 0.2) is 177 Å². The van der Waals surface area contributed by atoms with Crippen molar-refractivity contribution in [1.82, 2.24) is 14.1 Å². The van der Waals surface area contributed by atoms with E-state index in [1.165, 1.54) is 121 Å². The van der Waals surface area contributed by atoms with Crippen molar-refractivity contribution in [1.29, 1.82) is 0 Å². The van der Waals surface area contributed by atoms with Gasteiger partial charge in [0.15, 0.2) is 0 Å². The van der Waals surface area contributed by atoms with Gasteiger partial charge in [0.05, 0.1) is 34.0 Å². The minimum absolute atomic E-state index is 0.216. The summed E-state index contributed by atoms with van der Waals surface area (Å²) < 4.78 is 4.99. The number of fused-ring (bicyclic) bond motifs is 10. The summed E-state index contributed by atoms with van der Waals surface area (Å²) in [6, 6.07) is 54.7. The van der Waals surface area contributed by atoms with Crippen LogP contribution in [0, 0.1) is 0 Å². The fraction of sp³-hybridized carbons (Fsp3) is 0.145. The Morgan fingerprint density at radius 3 is 1.58 bits per heavy atom. The first kappa shape index (κ1) is 38.0. The second-order valence-electron chi connectivity index (χ2n) is 18.9. The maximum atomic E-state index is 4.74. The summed E-state index contributed by atoms with van der Waals surface area (Å²) >= 11 is 0. The van der Waals surface area contributed by atoms with Gasteiger partial charge >= 0.3 is 0 Å². The van der Waals surface area contributed by atoms with Gasteiger partial charge in [-0.3, -0.25) is 4.98 Å². The quantitative estimate of drug-likeness (QED) is 0.158. The van der Waals surface area contributed by atoms with Crippen LogP contribution in [0.25, 0.3) is 110 Å². The van der Waals surface area contributed by atoms with E-state index in [1.54, 1.807) is 0 Å². The highest BCUT2D eigenvalue weighted by Crippen LogP contribution is 2.61. The van der Waals surface area contributed by atoms with Crippen LogP contribution in [0.3, 0.4) is 0 Å². The predicted octanol–water partition coefficient (Wildman–Crippen LogP) is 17.1. The second kappa shape index (κ2) is 14.0. The molecule has 0 bridgehead atoms. The number of aromatic nitrogens is 3. The zero-order chi connectivity index (χ0) is 43.8. The highest BCUT2D eigenvalue weighted by Gasteiger charge is 2.42. The van der Waals surface area contributed by atoms with E-state index in [1.807, 2.05) is 12.4 Å². The summed E-state index contributed by atoms with van der Waals surface area (Å²) in [5.74, 6) is 1.06. The molecule has 0 saturated heterocycles. The molecular formula is C62H49N3. The molecular weight excluding hydrogens is 787 g/mol. The number of pyridine rings is 1. The monoisotopic (exact) mass is 835 g/mol. The van der Waals surface area contributed by atoms with Crippen molar-refractivity contribution in [3.63, 3.8) is 0 Å². The molecule has 8 aromatic carbocycles. The van der Waals surface area contributed by atoms with Gasteiger partial charge in [-0.2, -0.15) is 0 Å². The molecule has 3 nitrogen and oxygen atoms in total. The van der Waals surface area contributed by atoms with E-state index < -0.39 is 0 Å². The van der Waals surface area contributed by atoms with Gasteiger partial charge in [0.1, 0.15) is 0 Å². The highest BCUT2D eigenvalue weighted by atomic mass is 15.0. The molecule has 2 aliphatic rings. The van der Waals surface area contributed by atoms with Crippen molar-refractivity contribution in [2.45, 2.75) is 58.3 Å². The summed E-state index contributed by atoms with van der Waals surface area (Å²) in [5, 5.41) is 10.2. The molecule has 3 heterocycles. The van der Waals surface area contributed by atoms with Crippen molar-refractivity contribution in [3.05, 3.63) is 199 Å². The summed E-state index contributed by atoms with van der Waals surface area (Å²) in [5.41, 5.74) is 20.7. The average molecular weight is 836 g/mol. The SMILES string of the molecule is C=C(/C=C\C)n1c2ccc(-c3ccc4ccccc4c3)cc2c2cc3c4c(c21)C(C)C(C)c1c-4c(cc2c4cc(-c5ccc6ccccc6c5)ccc4n(-c4cccnc4)c12)C(C)C3C. The molecule has 0 spiro atoms. The average Bonchev–Trinajstić information content (AvgIpc) is 3.85. The van der Waals surface area contributed by atoms with Crippen molar-refractivity contribution in [3.8, 4) is 39.1 Å². The molecule has 3 aromatic heterocycles. The normalized spacial score (nSPS) is 17.9. The number of hydrogen-bond donors (Lipinski definition) is 0. The van der Waals surface area contributed by atoms with Gasteiger partial charge in [-0.15, -0.1) is 0 Å². The van der Waals surface area contributed by atoms with Crippen LogP contribution >= 0.6 is 0 Å². The number of nitrogens with zero attached hydrogens (tertiary/aromatic N) is 3. The van der Waals surface area contributed by atoms with E-state index in [0.29, 0.717) is 11.8 Å². The Hall–Kier alpha value is -7.49. The van der Waals surface area contributed by atoms with Crippen molar-refractivity contribution < 1.29 is 0 Å². The Morgan fingerprint density at radius 2 is 1.02 bits per heavy atom. The Kier molecular flexibility index (Phi) is 8.19. The smallest absolute Gasteiger partial charge is 0.0645 e. The number of allylic oxidation sites excluding steroid dienone is 3. The zero-order valence-electron chi connectivity index (χ0n) is 37.5. The number of benzene rings is 8. The fourth-order valence-corrected chi connectivity index (χ4v) is 12.1. The molecule has 312 valence electrons. The van der Waals surface area contributed by atoms with Gasteiger partial charge < -0.3 is 9.13 Å². The molecule has 4 unspecified atom stereocenters. The lowest BCUT2D eigenvalue weighted by Gasteiger charge is -2.42. The first-order valence-corrected chi connectivity index (χ1v) is 23.3. The highest BCUT2D eigenvalue weighted by molar-refractivity contribution is 6.18. The Morgan fingerprint density at radius 1 is 0.508 bits per heavy atom. The van der Waals surface area contributed by atoms with Gasteiger partial charge in [-0.05, 0) is 175 Å². The van der Waals surface area contributed by atoms with Crippen LogP contribution in [0.1, 0.15) is 80.5 Å². The number of rotatable bonds is 5. The van der Waals surface area contributed by atoms with Crippen molar-refractivity contribution in [2.24, 2.45) is 0 Å². The van der Waals surface area contributed by atoms with E-state index in [0.717, 1.165) is 11.4 Å². The first-order valence-electron chi connectivity index (χ1n) is 23.3. The number of hydrogen-bond acceptors (Lipinski definition) is 1. The van der Waals surface area contributed by atoms with Gasteiger partial charge in [-0.1, -0.05) is 125 Å². The molecule has 0 saturated carbocycles. The van der Waals surface area contributed by atoms with E-state index in [9.17, 15) is 0 Å². The molecule has 13 rings (SSSR count). The van der Waals surface area contributed by atoms with Crippen molar-refractivity contribution in [2.75, 3.05) is 0 Å². The van der Waals surface area contributed by atoms with Crippen LogP contribution in [-0.2, 0) is 0 Å². The topological polar surface area (TPSA) is 22.8 Å². The van der Waals surface area contributed by atoms with E-state index in [-0.39, 0.29) is 11.8 Å². The molecule has 0 amide bonds. The molecule has 0 aliphatic heterocycles. The third-order valence-corrected chi connectivity index (χ3v) is 15.6. The molecule has 0 fully saturated rings. The second-order valence-corrected chi connectivity index (χ2v) is 18.9. The molecule has 0 N–H and O–H groups in total. The third kappa shape index (κ3) is 5.33. The lowest BCUT2D eigenvalue weighted by atomic mass is 9.62. The Bertz CT molecular complexity index is 3880. The van der Waals surface area contributed by atoms with E-state index in [2.05, 4.69) is 201 Å². The lowest BCUT2D eigenvalue weighted by molar-refractivity contribution is 0.584. The lowest BCUT2D eigenvalue weighted by Crippen LogP contribution is -2.24. The Balaban J connectivity index is 1.12. The fourth-order valence-electron chi connectivity index (χ4n) is 12.1. The summed E-state index contributed by atoms with van der Waals surface area (Å²) in [6.45, 7) is 16.7. The molecule has 2 aliphatic carbocycles. The predicted molar refractivity (Wildman–Crippen MR) is 277 cm³/mol. The van der Waals surface area contributed by atoms with Crippen LogP contribution in [0.4, 0.5) is 0 Å². The van der Waals surface area contributed by atoms with E-state index in [4.69, 9.17) is 11.6 Å².